The Kier molecular flexibility index (Phi) is 3.08. The van der Waals surface area contributed by atoms with Gasteiger partial charge >= 0.3 is 0 Å². The van der Waals surface area contributed by atoms with Crippen molar-refractivity contribution in [2.75, 3.05) is 0 Å². The number of nitrogens with one attached hydrogen (secondary N) is 1. The first-order chi connectivity index (χ1) is 8.41. The summed E-state index contributed by atoms with van der Waals surface area (Å²) >= 11 is 0. The maximum absolute atomic E-state index is 11.8. The zero-order valence-electron chi connectivity index (χ0n) is 10.9. The molecule has 1 N–H and O–H groups in total. The zero-order chi connectivity index (χ0) is 13.3. The molecule has 0 aliphatic heterocycles. The summed E-state index contributed by atoms with van der Waals surface area (Å²) < 4.78 is 0. The van der Waals surface area contributed by atoms with Gasteiger partial charge in [0.25, 0.3) is 5.91 Å². The lowest BCUT2D eigenvalue weighted by molar-refractivity contribution is 0.0946. The van der Waals surface area contributed by atoms with Gasteiger partial charge in [0.05, 0.1) is 0 Å². The van der Waals surface area contributed by atoms with E-state index in [1.165, 1.54) is 0 Å². The summed E-state index contributed by atoms with van der Waals surface area (Å²) in [4.78, 5) is 16.0. The Hall–Kier alpha value is -1.89. The van der Waals surface area contributed by atoms with Crippen LogP contribution in [0.1, 0.15) is 55.4 Å². The van der Waals surface area contributed by atoms with Gasteiger partial charge < -0.3 is 5.32 Å². The molecule has 1 amide bonds. The van der Waals surface area contributed by atoms with E-state index in [0.29, 0.717) is 17.4 Å². The molecule has 18 heavy (non-hydrogen) atoms. The first-order valence-electron chi connectivity index (χ1n) is 6.14. The third kappa shape index (κ3) is 2.67. The molecule has 2 rings (SSSR count). The molecular formula is C14H17N3O. The topological polar surface area (TPSA) is 65.8 Å². The molecule has 1 aromatic rings. The number of pyridine rings is 1. The molecule has 1 heterocycles. The van der Waals surface area contributed by atoms with Crippen molar-refractivity contribution >= 4 is 5.91 Å². The van der Waals surface area contributed by atoms with Crippen molar-refractivity contribution in [2.24, 2.45) is 0 Å². The fourth-order valence-corrected chi connectivity index (χ4v) is 1.76. The summed E-state index contributed by atoms with van der Waals surface area (Å²) in [6, 6.07) is 5.89. The molecule has 4 nitrogen and oxygen atoms in total. The predicted molar refractivity (Wildman–Crippen MR) is 68.1 cm³/mol. The Morgan fingerprint density at radius 3 is 2.61 bits per heavy atom. The molecule has 94 valence electrons. The Bertz CT molecular complexity index is 519. The Labute approximate surface area is 107 Å². The molecule has 0 saturated heterocycles. The van der Waals surface area contributed by atoms with Gasteiger partial charge in [-0.05, 0) is 29.9 Å². The van der Waals surface area contributed by atoms with Gasteiger partial charge in [0.2, 0.25) is 0 Å². The summed E-state index contributed by atoms with van der Waals surface area (Å²) in [6.07, 6.45) is 2.08. The first kappa shape index (κ1) is 12.6. The summed E-state index contributed by atoms with van der Waals surface area (Å²) in [6.45, 7) is 6.07. The number of amides is 1. The van der Waals surface area contributed by atoms with Crippen LogP contribution >= 0.6 is 0 Å². The van der Waals surface area contributed by atoms with E-state index in [1.54, 1.807) is 6.07 Å². The van der Waals surface area contributed by atoms with Crippen molar-refractivity contribution in [3.63, 3.8) is 0 Å². The smallest absolute Gasteiger partial charge is 0.270 e. The molecular weight excluding hydrogens is 226 g/mol. The van der Waals surface area contributed by atoms with Gasteiger partial charge in [0, 0.05) is 6.04 Å². The summed E-state index contributed by atoms with van der Waals surface area (Å²) in [5.74, 6) is -0.186. The third-order valence-corrected chi connectivity index (χ3v) is 2.95. The monoisotopic (exact) mass is 243 g/mol. The number of rotatable bonds is 2. The Balaban J connectivity index is 2.29. The van der Waals surface area contributed by atoms with Crippen LogP contribution in [0.15, 0.2) is 12.1 Å². The molecule has 0 unspecified atom stereocenters. The average Bonchev–Trinajstić information content (AvgIpc) is 3.10. The molecule has 1 saturated carbocycles. The third-order valence-electron chi connectivity index (χ3n) is 2.95. The van der Waals surface area contributed by atoms with E-state index in [1.807, 2.05) is 26.8 Å². The molecule has 0 aromatic carbocycles. The standard InChI is InChI=1S/C14H17N3O/c1-14(2,3)10-6-7-11(17-12(10)8-15)13(18)16-9-4-5-9/h6-7,9H,4-5H2,1-3H3,(H,16,18). The van der Waals surface area contributed by atoms with Gasteiger partial charge in [0.1, 0.15) is 17.5 Å². The van der Waals surface area contributed by atoms with Crippen LogP contribution in [-0.2, 0) is 5.41 Å². The van der Waals surface area contributed by atoms with Crippen molar-refractivity contribution in [2.45, 2.75) is 45.1 Å². The maximum atomic E-state index is 11.8. The van der Waals surface area contributed by atoms with E-state index in [-0.39, 0.29) is 11.3 Å². The highest BCUT2D eigenvalue weighted by molar-refractivity contribution is 5.92. The van der Waals surface area contributed by atoms with E-state index >= 15 is 0 Å². The fourth-order valence-electron chi connectivity index (χ4n) is 1.76. The first-order valence-corrected chi connectivity index (χ1v) is 6.14. The number of carbonyl (C=O) groups is 1. The number of aromatic nitrogens is 1. The van der Waals surface area contributed by atoms with Crippen molar-refractivity contribution in [3.8, 4) is 6.07 Å². The normalized spacial score (nSPS) is 15.0. The summed E-state index contributed by atoms with van der Waals surface area (Å²) in [5, 5.41) is 12.0. The minimum atomic E-state index is -0.186. The molecule has 1 aliphatic rings. The van der Waals surface area contributed by atoms with Crippen molar-refractivity contribution < 1.29 is 4.79 Å². The fraction of sp³-hybridized carbons (Fsp3) is 0.500. The van der Waals surface area contributed by atoms with E-state index in [9.17, 15) is 4.79 Å². The van der Waals surface area contributed by atoms with Crippen molar-refractivity contribution in [1.82, 2.24) is 10.3 Å². The van der Waals surface area contributed by atoms with E-state index in [2.05, 4.69) is 16.4 Å². The number of nitrogens with zero attached hydrogens (tertiary/aromatic N) is 2. The minimum absolute atomic E-state index is 0.149. The van der Waals surface area contributed by atoms with Crippen LogP contribution in [0.25, 0.3) is 0 Å². The molecule has 1 aromatic heterocycles. The SMILES string of the molecule is CC(C)(C)c1ccc(C(=O)NC2CC2)nc1C#N. The highest BCUT2D eigenvalue weighted by Crippen LogP contribution is 2.25. The van der Waals surface area contributed by atoms with Crippen LogP contribution in [0.4, 0.5) is 0 Å². The lowest BCUT2D eigenvalue weighted by atomic mass is 9.86. The van der Waals surface area contributed by atoms with Gasteiger partial charge in [-0.15, -0.1) is 0 Å². The number of carbonyl (C=O) groups excluding carboxylic acids is 1. The van der Waals surface area contributed by atoms with Crippen LogP contribution in [-0.4, -0.2) is 16.9 Å². The number of hydrogen-bond donors (Lipinski definition) is 1. The van der Waals surface area contributed by atoms with Gasteiger partial charge in [-0.2, -0.15) is 5.26 Å². The van der Waals surface area contributed by atoms with E-state index in [4.69, 9.17) is 5.26 Å². The lowest BCUT2D eigenvalue weighted by Crippen LogP contribution is -2.27. The molecule has 0 radical (unpaired) electrons. The van der Waals surface area contributed by atoms with Crippen LogP contribution in [0.2, 0.25) is 0 Å². The molecule has 4 heteroatoms. The van der Waals surface area contributed by atoms with Crippen LogP contribution in [0.5, 0.6) is 0 Å². The molecule has 0 bridgehead atoms. The number of nitriles is 1. The second-order valence-electron chi connectivity index (χ2n) is 5.70. The van der Waals surface area contributed by atoms with Crippen LogP contribution in [0, 0.1) is 11.3 Å². The van der Waals surface area contributed by atoms with Gasteiger partial charge in [-0.3, -0.25) is 4.79 Å². The van der Waals surface area contributed by atoms with E-state index in [0.717, 1.165) is 18.4 Å². The van der Waals surface area contributed by atoms with Crippen LogP contribution in [0.3, 0.4) is 0 Å². The van der Waals surface area contributed by atoms with Gasteiger partial charge in [-0.25, -0.2) is 4.98 Å². The van der Waals surface area contributed by atoms with E-state index < -0.39 is 0 Å². The average molecular weight is 243 g/mol. The van der Waals surface area contributed by atoms with Crippen molar-refractivity contribution in [3.05, 3.63) is 29.1 Å². The molecule has 0 spiro atoms. The zero-order valence-corrected chi connectivity index (χ0v) is 10.9. The lowest BCUT2D eigenvalue weighted by Gasteiger charge is -2.20. The highest BCUT2D eigenvalue weighted by atomic mass is 16.2. The Morgan fingerprint density at radius 1 is 1.44 bits per heavy atom. The van der Waals surface area contributed by atoms with Crippen molar-refractivity contribution in [1.29, 1.82) is 5.26 Å². The number of hydrogen-bond acceptors (Lipinski definition) is 3. The van der Waals surface area contributed by atoms with Gasteiger partial charge in [-0.1, -0.05) is 26.8 Å². The summed E-state index contributed by atoms with van der Waals surface area (Å²) in [5.41, 5.74) is 1.38. The molecule has 1 fully saturated rings. The second kappa shape index (κ2) is 4.41. The Morgan fingerprint density at radius 2 is 2.11 bits per heavy atom. The van der Waals surface area contributed by atoms with Crippen LogP contribution < -0.4 is 5.32 Å². The molecule has 0 atom stereocenters. The quantitative estimate of drug-likeness (QED) is 0.865. The maximum Gasteiger partial charge on any atom is 0.270 e. The molecule has 1 aliphatic carbocycles. The largest absolute Gasteiger partial charge is 0.348 e. The second-order valence-corrected chi connectivity index (χ2v) is 5.70. The highest BCUT2D eigenvalue weighted by Gasteiger charge is 2.25. The minimum Gasteiger partial charge on any atom is -0.348 e. The summed E-state index contributed by atoms with van der Waals surface area (Å²) in [7, 11) is 0. The van der Waals surface area contributed by atoms with Gasteiger partial charge in [0.15, 0.2) is 0 Å². The predicted octanol–water partition coefficient (Wildman–Crippen LogP) is 2.14.